The maximum absolute atomic E-state index is 11.6. The van der Waals surface area contributed by atoms with Crippen molar-refractivity contribution in [2.45, 2.75) is 32.7 Å². The number of rotatable bonds is 4. The van der Waals surface area contributed by atoms with Gasteiger partial charge in [-0.1, -0.05) is 13.8 Å². The number of urea groups is 1. The molecule has 0 bridgehead atoms. The second kappa shape index (κ2) is 9.12. The zero-order valence-electron chi connectivity index (χ0n) is 11.6. The Kier molecular flexibility index (Phi) is 8.71. The maximum Gasteiger partial charge on any atom is 0.321 e. The zero-order valence-corrected chi connectivity index (χ0v) is 12.5. The number of nitrogens with two attached hydrogens (primary N) is 1. The Labute approximate surface area is 120 Å². The molecule has 0 saturated carbocycles. The van der Waals surface area contributed by atoms with E-state index in [0.717, 1.165) is 25.9 Å². The molecule has 19 heavy (non-hydrogen) atoms. The Morgan fingerprint density at radius 1 is 1.42 bits per heavy atom. The minimum absolute atomic E-state index is 0. The Morgan fingerprint density at radius 2 is 2.11 bits per heavy atom. The molecule has 1 unspecified atom stereocenters. The van der Waals surface area contributed by atoms with Crippen LogP contribution in [0.4, 0.5) is 4.79 Å². The minimum Gasteiger partial charge on any atom is -0.338 e. The van der Waals surface area contributed by atoms with E-state index < -0.39 is 6.03 Å². The van der Waals surface area contributed by atoms with Crippen LogP contribution in [0.2, 0.25) is 0 Å². The van der Waals surface area contributed by atoms with Crippen LogP contribution in [-0.2, 0) is 4.79 Å². The van der Waals surface area contributed by atoms with E-state index in [1.165, 1.54) is 0 Å². The number of amides is 3. The lowest BCUT2D eigenvalue weighted by Gasteiger charge is -2.29. The van der Waals surface area contributed by atoms with E-state index in [1.54, 1.807) is 0 Å². The van der Waals surface area contributed by atoms with Gasteiger partial charge in [0.25, 0.3) is 0 Å². The summed E-state index contributed by atoms with van der Waals surface area (Å²) < 4.78 is 0. The molecule has 7 heteroatoms. The summed E-state index contributed by atoms with van der Waals surface area (Å²) in [5, 5.41) is 4.97. The smallest absolute Gasteiger partial charge is 0.321 e. The van der Waals surface area contributed by atoms with Crippen molar-refractivity contribution >= 4 is 24.3 Å². The van der Waals surface area contributed by atoms with E-state index in [1.807, 2.05) is 18.7 Å². The Morgan fingerprint density at radius 3 is 2.68 bits per heavy atom. The summed E-state index contributed by atoms with van der Waals surface area (Å²) in [6.45, 7) is 6.39. The second-order valence-corrected chi connectivity index (χ2v) is 5.29. The third-order valence-electron chi connectivity index (χ3n) is 2.83. The first kappa shape index (κ1) is 18.1. The average molecular weight is 293 g/mol. The van der Waals surface area contributed by atoms with Crippen LogP contribution in [0.1, 0.15) is 26.7 Å². The topological polar surface area (TPSA) is 87.5 Å². The van der Waals surface area contributed by atoms with Crippen LogP contribution >= 0.6 is 12.4 Å². The number of imide groups is 1. The van der Waals surface area contributed by atoms with Crippen LogP contribution in [0, 0.1) is 5.92 Å². The van der Waals surface area contributed by atoms with Gasteiger partial charge in [-0.05, 0) is 25.3 Å². The molecule has 112 valence electrons. The molecule has 1 heterocycles. The highest BCUT2D eigenvalue weighted by Crippen LogP contribution is 2.07. The zero-order chi connectivity index (χ0) is 13.5. The van der Waals surface area contributed by atoms with Crippen LogP contribution in [0.15, 0.2) is 0 Å². The van der Waals surface area contributed by atoms with E-state index in [0.29, 0.717) is 12.5 Å². The SMILES string of the molecule is CC(C)CNC(=O)NC(=O)CN1CCCC(N)C1.Cl. The summed E-state index contributed by atoms with van der Waals surface area (Å²) in [5.74, 6) is 0.0938. The van der Waals surface area contributed by atoms with Crippen molar-refractivity contribution < 1.29 is 9.59 Å². The van der Waals surface area contributed by atoms with Crippen LogP contribution in [0.5, 0.6) is 0 Å². The van der Waals surface area contributed by atoms with Gasteiger partial charge in [0.15, 0.2) is 0 Å². The summed E-state index contributed by atoms with van der Waals surface area (Å²) in [7, 11) is 0. The monoisotopic (exact) mass is 292 g/mol. The van der Waals surface area contributed by atoms with Gasteiger partial charge in [0, 0.05) is 19.1 Å². The van der Waals surface area contributed by atoms with E-state index in [2.05, 4.69) is 10.6 Å². The first-order valence-electron chi connectivity index (χ1n) is 6.53. The fourth-order valence-electron chi connectivity index (χ4n) is 1.95. The molecular formula is C12H25ClN4O2. The molecule has 0 radical (unpaired) electrons. The van der Waals surface area contributed by atoms with E-state index in [-0.39, 0.29) is 30.9 Å². The van der Waals surface area contributed by atoms with Gasteiger partial charge < -0.3 is 11.1 Å². The highest BCUT2D eigenvalue weighted by Gasteiger charge is 2.19. The Balaban J connectivity index is 0.00000324. The van der Waals surface area contributed by atoms with Crippen molar-refractivity contribution in [1.82, 2.24) is 15.5 Å². The molecule has 0 aromatic rings. The molecule has 1 aliphatic heterocycles. The number of likely N-dealkylation sites (tertiary alicyclic amines) is 1. The summed E-state index contributed by atoms with van der Waals surface area (Å²) in [6.07, 6.45) is 2.01. The molecule has 4 N–H and O–H groups in total. The largest absolute Gasteiger partial charge is 0.338 e. The minimum atomic E-state index is -0.421. The van der Waals surface area contributed by atoms with Gasteiger partial charge in [-0.2, -0.15) is 0 Å². The number of halogens is 1. The van der Waals surface area contributed by atoms with Crippen molar-refractivity contribution in [2.75, 3.05) is 26.2 Å². The number of nitrogens with one attached hydrogen (secondary N) is 2. The van der Waals surface area contributed by atoms with Crippen LogP contribution < -0.4 is 16.4 Å². The van der Waals surface area contributed by atoms with Gasteiger partial charge in [-0.15, -0.1) is 12.4 Å². The van der Waals surface area contributed by atoms with Crippen molar-refractivity contribution in [1.29, 1.82) is 0 Å². The lowest BCUT2D eigenvalue weighted by Crippen LogP contribution is -2.49. The Bertz CT molecular complexity index is 299. The molecule has 1 atom stereocenters. The number of hydrogen-bond donors (Lipinski definition) is 3. The first-order valence-corrected chi connectivity index (χ1v) is 6.53. The highest BCUT2D eigenvalue weighted by atomic mass is 35.5. The first-order chi connectivity index (χ1) is 8.47. The third-order valence-corrected chi connectivity index (χ3v) is 2.83. The third kappa shape index (κ3) is 8.02. The summed E-state index contributed by atoms with van der Waals surface area (Å²) in [4.78, 5) is 25.0. The van der Waals surface area contributed by atoms with Crippen LogP contribution in [0.25, 0.3) is 0 Å². The lowest BCUT2D eigenvalue weighted by atomic mass is 10.1. The summed E-state index contributed by atoms with van der Waals surface area (Å²) in [6, 6.07) is -0.281. The number of nitrogens with zero attached hydrogens (tertiary/aromatic N) is 1. The quantitative estimate of drug-likeness (QED) is 0.696. The van der Waals surface area contributed by atoms with Gasteiger partial charge in [0.05, 0.1) is 6.54 Å². The van der Waals surface area contributed by atoms with E-state index in [4.69, 9.17) is 5.73 Å². The molecule has 0 spiro atoms. The van der Waals surface area contributed by atoms with Gasteiger partial charge in [-0.25, -0.2) is 4.79 Å². The molecule has 0 aliphatic carbocycles. The maximum atomic E-state index is 11.6. The molecule has 0 aromatic heterocycles. The standard InChI is InChI=1S/C12H24N4O2.ClH/c1-9(2)6-14-12(18)15-11(17)8-16-5-3-4-10(13)7-16;/h9-10H,3-8,13H2,1-2H3,(H2,14,15,17,18);1H. The van der Waals surface area contributed by atoms with Gasteiger partial charge in [-0.3, -0.25) is 15.0 Å². The molecule has 1 aliphatic rings. The number of hydrogen-bond acceptors (Lipinski definition) is 4. The number of carbonyl (C=O) groups excluding carboxylic acids is 2. The molecule has 1 saturated heterocycles. The average Bonchev–Trinajstić information content (AvgIpc) is 2.26. The van der Waals surface area contributed by atoms with E-state index in [9.17, 15) is 9.59 Å². The normalized spacial score (nSPS) is 19.7. The fraction of sp³-hybridized carbons (Fsp3) is 0.833. The molecule has 6 nitrogen and oxygen atoms in total. The van der Waals surface area contributed by atoms with Crippen molar-refractivity contribution in [2.24, 2.45) is 11.7 Å². The second-order valence-electron chi connectivity index (χ2n) is 5.29. The number of piperidine rings is 1. The highest BCUT2D eigenvalue weighted by molar-refractivity contribution is 5.95. The lowest BCUT2D eigenvalue weighted by molar-refractivity contribution is -0.121. The van der Waals surface area contributed by atoms with Crippen molar-refractivity contribution in [3.05, 3.63) is 0 Å². The molecule has 3 amide bonds. The summed E-state index contributed by atoms with van der Waals surface area (Å²) >= 11 is 0. The molecule has 0 aromatic carbocycles. The van der Waals surface area contributed by atoms with Crippen LogP contribution in [0.3, 0.4) is 0 Å². The Hall–Kier alpha value is -0.850. The molecular weight excluding hydrogens is 268 g/mol. The van der Waals surface area contributed by atoms with E-state index >= 15 is 0 Å². The van der Waals surface area contributed by atoms with Gasteiger partial charge in [0.1, 0.15) is 0 Å². The van der Waals surface area contributed by atoms with Gasteiger partial charge >= 0.3 is 6.03 Å². The van der Waals surface area contributed by atoms with Crippen molar-refractivity contribution in [3.63, 3.8) is 0 Å². The fourth-order valence-corrected chi connectivity index (χ4v) is 1.95. The molecule has 1 fully saturated rings. The van der Waals surface area contributed by atoms with Crippen LogP contribution in [-0.4, -0.2) is 49.1 Å². The van der Waals surface area contributed by atoms with Gasteiger partial charge in [0.2, 0.25) is 5.91 Å². The predicted octanol–water partition coefficient (Wildman–Crippen LogP) is 0.313. The predicted molar refractivity (Wildman–Crippen MR) is 77.3 cm³/mol. The summed E-state index contributed by atoms with van der Waals surface area (Å²) in [5.41, 5.74) is 5.83. The molecule has 1 rings (SSSR count). The van der Waals surface area contributed by atoms with Crippen molar-refractivity contribution in [3.8, 4) is 0 Å². The number of carbonyl (C=O) groups is 2.